The minimum atomic E-state index is -0.478. The van der Waals surface area contributed by atoms with Crippen molar-refractivity contribution in [3.05, 3.63) is 39.4 Å². The minimum absolute atomic E-state index is 0. The zero-order valence-electron chi connectivity index (χ0n) is 10.6. The standard InChI is InChI=1S/C12H15N3O3.ClH/c1-9-2-3-10(15(17)18)8-11(9)12(16)14-6-4-13-5-7-14;/h2-3,8,13H,4-7H2,1H3;1H. The number of rotatable bonds is 2. The number of hydrogen-bond donors (Lipinski definition) is 1. The molecule has 0 spiro atoms. The van der Waals surface area contributed by atoms with Crippen LogP contribution in [0.15, 0.2) is 18.2 Å². The highest BCUT2D eigenvalue weighted by Gasteiger charge is 2.21. The van der Waals surface area contributed by atoms with E-state index in [-0.39, 0.29) is 24.0 Å². The van der Waals surface area contributed by atoms with Gasteiger partial charge in [-0.2, -0.15) is 0 Å². The molecule has 0 bridgehead atoms. The first-order chi connectivity index (χ1) is 8.59. The number of hydrogen-bond acceptors (Lipinski definition) is 4. The Labute approximate surface area is 117 Å². The lowest BCUT2D eigenvalue weighted by Gasteiger charge is -2.27. The third-order valence-corrected chi connectivity index (χ3v) is 3.07. The molecule has 0 unspecified atom stereocenters. The van der Waals surface area contributed by atoms with Crippen molar-refractivity contribution in [2.24, 2.45) is 0 Å². The molecule has 1 aromatic carbocycles. The Morgan fingerprint density at radius 3 is 2.58 bits per heavy atom. The van der Waals surface area contributed by atoms with Gasteiger partial charge in [-0.1, -0.05) is 6.07 Å². The maximum absolute atomic E-state index is 12.3. The molecule has 6 nitrogen and oxygen atoms in total. The summed E-state index contributed by atoms with van der Waals surface area (Å²) < 4.78 is 0. The molecule has 1 saturated heterocycles. The summed E-state index contributed by atoms with van der Waals surface area (Å²) in [6, 6.07) is 4.40. The molecule has 1 aliphatic heterocycles. The van der Waals surface area contributed by atoms with E-state index in [2.05, 4.69) is 5.32 Å². The molecule has 1 N–H and O–H groups in total. The molecular weight excluding hydrogens is 270 g/mol. The van der Waals surface area contributed by atoms with Crippen LogP contribution in [0.3, 0.4) is 0 Å². The third-order valence-electron chi connectivity index (χ3n) is 3.07. The van der Waals surface area contributed by atoms with Crippen molar-refractivity contribution >= 4 is 24.0 Å². The summed E-state index contributed by atoms with van der Waals surface area (Å²) in [7, 11) is 0. The largest absolute Gasteiger partial charge is 0.336 e. The quantitative estimate of drug-likeness (QED) is 0.658. The number of nitro groups is 1. The van der Waals surface area contributed by atoms with Crippen molar-refractivity contribution in [1.29, 1.82) is 0 Å². The number of carbonyl (C=O) groups excluding carboxylic acids is 1. The van der Waals surface area contributed by atoms with Crippen molar-refractivity contribution in [3.63, 3.8) is 0 Å². The Hall–Kier alpha value is -1.66. The Bertz CT molecular complexity index is 487. The molecule has 1 heterocycles. The van der Waals surface area contributed by atoms with Gasteiger partial charge in [0.15, 0.2) is 0 Å². The van der Waals surface area contributed by atoms with Crippen LogP contribution in [0.5, 0.6) is 0 Å². The van der Waals surface area contributed by atoms with Gasteiger partial charge in [-0.05, 0) is 12.5 Å². The van der Waals surface area contributed by atoms with Crippen LogP contribution in [-0.2, 0) is 0 Å². The van der Waals surface area contributed by atoms with Crippen LogP contribution in [0.1, 0.15) is 15.9 Å². The Morgan fingerprint density at radius 1 is 1.37 bits per heavy atom. The van der Waals surface area contributed by atoms with Crippen LogP contribution in [0, 0.1) is 17.0 Å². The summed E-state index contributed by atoms with van der Waals surface area (Å²) in [6.07, 6.45) is 0. The van der Waals surface area contributed by atoms with E-state index < -0.39 is 4.92 Å². The van der Waals surface area contributed by atoms with Gasteiger partial charge < -0.3 is 10.2 Å². The molecule has 0 aliphatic carbocycles. The summed E-state index contributed by atoms with van der Waals surface area (Å²) in [5.41, 5.74) is 1.15. The zero-order chi connectivity index (χ0) is 13.1. The average molecular weight is 286 g/mol. The first-order valence-electron chi connectivity index (χ1n) is 5.84. The molecule has 2 rings (SSSR count). The maximum atomic E-state index is 12.3. The Kier molecular flexibility index (Phi) is 5.26. The van der Waals surface area contributed by atoms with Crippen molar-refractivity contribution in [3.8, 4) is 0 Å². The Morgan fingerprint density at radius 2 is 2.00 bits per heavy atom. The van der Waals surface area contributed by atoms with Crippen LogP contribution < -0.4 is 5.32 Å². The lowest BCUT2D eigenvalue weighted by molar-refractivity contribution is -0.384. The van der Waals surface area contributed by atoms with Crippen LogP contribution >= 0.6 is 12.4 Å². The highest BCUT2D eigenvalue weighted by molar-refractivity contribution is 5.96. The van der Waals surface area contributed by atoms with Crippen molar-refractivity contribution < 1.29 is 9.72 Å². The van der Waals surface area contributed by atoms with Crippen LogP contribution in [0.25, 0.3) is 0 Å². The fourth-order valence-electron chi connectivity index (χ4n) is 1.99. The van der Waals surface area contributed by atoms with Gasteiger partial charge in [0, 0.05) is 43.9 Å². The van der Waals surface area contributed by atoms with Crippen LogP contribution in [-0.4, -0.2) is 41.9 Å². The first kappa shape index (κ1) is 15.4. The van der Waals surface area contributed by atoms with E-state index in [0.717, 1.165) is 18.7 Å². The predicted octanol–water partition coefficient (Wildman–Crippen LogP) is 1.37. The number of nitrogens with one attached hydrogen (secondary N) is 1. The number of amides is 1. The van der Waals surface area contributed by atoms with Gasteiger partial charge in [-0.3, -0.25) is 14.9 Å². The van der Waals surface area contributed by atoms with Crippen LogP contribution in [0.4, 0.5) is 5.69 Å². The number of non-ortho nitro benzene ring substituents is 1. The van der Waals surface area contributed by atoms with E-state index in [4.69, 9.17) is 0 Å². The van der Waals surface area contributed by atoms with E-state index in [9.17, 15) is 14.9 Å². The van der Waals surface area contributed by atoms with Gasteiger partial charge in [-0.15, -0.1) is 12.4 Å². The summed E-state index contributed by atoms with van der Waals surface area (Å²) in [6.45, 7) is 4.60. The molecule has 0 radical (unpaired) electrons. The highest BCUT2D eigenvalue weighted by Crippen LogP contribution is 2.19. The molecule has 104 valence electrons. The number of nitro benzene ring substituents is 1. The molecule has 0 aromatic heterocycles. The SMILES string of the molecule is Cc1ccc([N+](=O)[O-])cc1C(=O)N1CCNCC1.Cl. The zero-order valence-corrected chi connectivity index (χ0v) is 11.4. The summed E-state index contributed by atoms with van der Waals surface area (Å²) in [5.74, 6) is -0.127. The molecule has 1 aliphatic rings. The summed E-state index contributed by atoms with van der Waals surface area (Å²) >= 11 is 0. The molecule has 19 heavy (non-hydrogen) atoms. The van der Waals surface area contributed by atoms with Gasteiger partial charge >= 0.3 is 0 Å². The lowest BCUT2D eigenvalue weighted by atomic mass is 10.1. The molecule has 0 atom stereocenters. The second-order valence-electron chi connectivity index (χ2n) is 4.30. The van der Waals surface area contributed by atoms with Gasteiger partial charge in [-0.25, -0.2) is 0 Å². The van der Waals surface area contributed by atoms with Gasteiger partial charge in [0.2, 0.25) is 0 Å². The fraction of sp³-hybridized carbons (Fsp3) is 0.417. The second-order valence-corrected chi connectivity index (χ2v) is 4.30. The normalized spacial score (nSPS) is 14.7. The predicted molar refractivity (Wildman–Crippen MR) is 73.9 cm³/mol. The van der Waals surface area contributed by atoms with Crippen molar-refractivity contribution in [2.75, 3.05) is 26.2 Å². The molecule has 1 amide bonds. The van der Waals surface area contributed by atoms with E-state index >= 15 is 0 Å². The fourth-order valence-corrected chi connectivity index (χ4v) is 1.99. The number of benzene rings is 1. The smallest absolute Gasteiger partial charge is 0.270 e. The van der Waals surface area contributed by atoms with Crippen molar-refractivity contribution in [2.45, 2.75) is 6.92 Å². The minimum Gasteiger partial charge on any atom is -0.336 e. The maximum Gasteiger partial charge on any atom is 0.270 e. The highest BCUT2D eigenvalue weighted by atomic mass is 35.5. The van der Waals surface area contributed by atoms with Gasteiger partial charge in [0.1, 0.15) is 0 Å². The number of nitrogens with zero attached hydrogens (tertiary/aromatic N) is 2. The van der Waals surface area contributed by atoms with E-state index in [0.29, 0.717) is 18.7 Å². The topological polar surface area (TPSA) is 75.5 Å². The summed E-state index contributed by atoms with van der Waals surface area (Å²) in [4.78, 5) is 24.3. The lowest BCUT2D eigenvalue weighted by Crippen LogP contribution is -2.46. The summed E-state index contributed by atoms with van der Waals surface area (Å²) in [5, 5.41) is 13.9. The second kappa shape index (κ2) is 6.49. The number of carbonyl (C=O) groups is 1. The monoisotopic (exact) mass is 285 g/mol. The Balaban J connectivity index is 0.00000180. The van der Waals surface area contributed by atoms with E-state index in [1.165, 1.54) is 12.1 Å². The molecule has 0 saturated carbocycles. The molecular formula is C12H16ClN3O3. The third kappa shape index (κ3) is 3.42. The van der Waals surface area contributed by atoms with Gasteiger partial charge in [0.25, 0.3) is 11.6 Å². The first-order valence-corrected chi connectivity index (χ1v) is 5.84. The molecule has 1 fully saturated rings. The van der Waals surface area contributed by atoms with Gasteiger partial charge in [0.05, 0.1) is 4.92 Å². The number of aryl methyl sites for hydroxylation is 1. The molecule has 1 aromatic rings. The van der Waals surface area contributed by atoms with Crippen LogP contribution in [0.2, 0.25) is 0 Å². The van der Waals surface area contributed by atoms with Crippen molar-refractivity contribution in [1.82, 2.24) is 10.2 Å². The average Bonchev–Trinajstić information content (AvgIpc) is 2.39. The van der Waals surface area contributed by atoms with E-state index in [1.54, 1.807) is 17.9 Å². The number of piperazine rings is 1. The molecule has 7 heteroatoms. The number of halogens is 1. The van der Waals surface area contributed by atoms with E-state index in [1.807, 2.05) is 0 Å².